The Labute approximate surface area is 163 Å². The summed E-state index contributed by atoms with van der Waals surface area (Å²) in [6.45, 7) is 8.08. The number of nitrogens with two attached hydrogens (primary N) is 2. The number of nitrogens with zero attached hydrogens (tertiary/aromatic N) is 4. The predicted octanol–water partition coefficient (Wildman–Crippen LogP) is 2.73. The summed E-state index contributed by atoms with van der Waals surface area (Å²) in [4.78, 5) is 18.7. The Morgan fingerprint density at radius 1 is 1.22 bits per heavy atom. The molecule has 6 nitrogen and oxygen atoms in total. The van der Waals surface area contributed by atoms with Gasteiger partial charge in [-0.05, 0) is 30.0 Å². The third-order valence-corrected chi connectivity index (χ3v) is 6.08. The Kier molecular flexibility index (Phi) is 5.19. The minimum Gasteiger partial charge on any atom is -0.329 e. The number of thiophene rings is 1. The van der Waals surface area contributed by atoms with Gasteiger partial charge in [0.25, 0.3) is 0 Å². The van der Waals surface area contributed by atoms with Crippen molar-refractivity contribution in [1.29, 1.82) is 0 Å². The topological polar surface area (TPSA) is 94.0 Å². The smallest absolute Gasteiger partial charge is 0.161 e. The van der Waals surface area contributed by atoms with Gasteiger partial charge in [-0.2, -0.15) is 0 Å². The van der Waals surface area contributed by atoms with Crippen LogP contribution in [-0.4, -0.2) is 39.5 Å². The van der Waals surface area contributed by atoms with E-state index in [9.17, 15) is 0 Å². The largest absolute Gasteiger partial charge is 0.329 e. The molecule has 1 unspecified atom stereocenters. The van der Waals surface area contributed by atoms with E-state index < -0.39 is 0 Å². The molecule has 4 N–H and O–H groups in total. The number of rotatable bonds is 5. The van der Waals surface area contributed by atoms with E-state index in [-0.39, 0.29) is 6.04 Å². The summed E-state index contributed by atoms with van der Waals surface area (Å²) >= 11 is 1.78. The lowest BCUT2D eigenvalue weighted by Gasteiger charge is -2.28. The van der Waals surface area contributed by atoms with Crippen molar-refractivity contribution in [3.63, 3.8) is 0 Å². The zero-order valence-corrected chi connectivity index (χ0v) is 16.7. The molecule has 3 aromatic heterocycles. The summed E-state index contributed by atoms with van der Waals surface area (Å²) in [6.07, 6.45) is 4.54. The summed E-state index contributed by atoms with van der Waals surface area (Å²) < 4.78 is 0. The Hall–Kier alpha value is -1.93. The van der Waals surface area contributed by atoms with E-state index in [1.54, 1.807) is 23.7 Å². The highest BCUT2D eigenvalue weighted by atomic mass is 32.1. The first-order valence-corrected chi connectivity index (χ1v) is 10.3. The molecule has 0 saturated carbocycles. The molecular formula is C20H26N6S. The molecule has 0 spiro atoms. The second kappa shape index (κ2) is 7.59. The third kappa shape index (κ3) is 3.60. The summed E-state index contributed by atoms with van der Waals surface area (Å²) in [6, 6.07) is 3.57. The molecule has 0 bridgehead atoms. The molecular weight excluding hydrogens is 356 g/mol. The standard InChI is InChI=1S/C20H26N6S/c1-12(2)10-26-8-5-14-16(11-26)27-20-17(14)18(15(22)9-21)24-19(25-20)13-3-6-23-7-4-13/h3-4,6-7,12,15H,5,8-11,21-22H2,1-2H3. The van der Waals surface area contributed by atoms with Crippen LogP contribution in [0.4, 0.5) is 0 Å². The number of pyridine rings is 1. The van der Waals surface area contributed by atoms with Gasteiger partial charge in [-0.15, -0.1) is 11.3 Å². The molecule has 1 aliphatic heterocycles. The fraction of sp³-hybridized carbons (Fsp3) is 0.450. The molecule has 142 valence electrons. The first kappa shape index (κ1) is 18.4. The van der Waals surface area contributed by atoms with Gasteiger partial charge in [0, 0.05) is 54.4 Å². The highest BCUT2D eigenvalue weighted by Gasteiger charge is 2.26. The molecule has 4 rings (SSSR count). The fourth-order valence-electron chi connectivity index (χ4n) is 3.76. The molecule has 0 aliphatic carbocycles. The van der Waals surface area contributed by atoms with Crippen LogP contribution in [0.2, 0.25) is 0 Å². The van der Waals surface area contributed by atoms with Crippen LogP contribution < -0.4 is 11.5 Å². The second-order valence-corrected chi connectivity index (χ2v) is 8.66. The maximum atomic E-state index is 6.36. The van der Waals surface area contributed by atoms with Gasteiger partial charge in [-0.3, -0.25) is 9.88 Å². The molecule has 0 fully saturated rings. The number of aromatic nitrogens is 3. The highest BCUT2D eigenvalue weighted by Crippen LogP contribution is 2.38. The summed E-state index contributed by atoms with van der Waals surface area (Å²) in [5, 5.41) is 1.13. The molecule has 0 aromatic carbocycles. The average molecular weight is 383 g/mol. The van der Waals surface area contributed by atoms with Crippen molar-refractivity contribution in [3.05, 3.63) is 40.7 Å². The van der Waals surface area contributed by atoms with E-state index in [1.807, 2.05) is 12.1 Å². The molecule has 27 heavy (non-hydrogen) atoms. The lowest BCUT2D eigenvalue weighted by Crippen LogP contribution is -2.32. The Balaban J connectivity index is 1.83. The van der Waals surface area contributed by atoms with Crippen LogP contribution in [0.1, 0.15) is 36.0 Å². The summed E-state index contributed by atoms with van der Waals surface area (Å²) in [5.74, 6) is 1.36. The van der Waals surface area contributed by atoms with Crippen LogP contribution in [0.3, 0.4) is 0 Å². The van der Waals surface area contributed by atoms with Gasteiger partial charge in [0.05, 0.1) is 11.7 Å². The molecule has 1 aliphatic rings. The highest BCUT2D eigenvalue weighted by molar-refractivity contribution is 7.18. The molecule has 4 heterocycles. The minimum atomic E-state index is -0.288. The van der Waals surface area contributed by atoms with Crippen molar-refractivity contribution in [2.75, 3.05) is 19.6 Å². The van der Waals surface area contributed by atoms with E-state index in [0.29, 0.717) is 18.3 Å². The SMILES string of the molecule is CC(C)CN1CCc2c(sc3nc(-c4ccncc4)nc(C(N)CN)c23)C1. The first-order valence-electron chi connectivity index (χ1n) is 9.47. The summed E-state index contributed by atoms with van der Waals surface area (Å²) in [5.41, 5.74) is 15.5. The second-order valence-electron chi connectivity index (χ2n) is 7.57. The van der Waals surface area contributed by atoms with Gasteiger partial charge >= 0.3 is 0 Å². The lowest BCUT2D eigenvalue weighted by atomic mass is 10.00. The Morgan fingerprint density at radius 2 is 2.00 bits per heavy atom. The van der Waals surface area contributed by atoms with Gasteiger partial charge in [0.1, 0.15) is 4.83 Å². The van der Waals surface area contributed by atoms with E-state index >= 15 is 0 Å². The van der Waals surface area contributed by atoms with E-state index in [2.05, 4.69) is 23.7 Å². The molecule has 0 radical (unpaired) electrons. The van der Waals surface area contributed by atoms with Gasteiger partial charge in [0.2, 0.25) is 0 Å². The van der Waals surface area contributed by atoms with Gasteiger partial charge in [0.15, 0.2) is 5.82 Å². The van der Waals surface area contributed by atoms with Crippen molar-refractivity contribution in [2.45, 2.75) is 32.9 Å². The van der Waals surface area contributed by atoms with Gasteiger partial charge in [-0.1, -0.05) is 13.8 Å². The van der Waals surface area contributed by atoms with Crippen LogP contribution >= 0.6 is 11.3 Å². The van der Waals surface area contributed by atoms with Crippen LogP contribution in [0.5, 0.6) is 0 Å². The van der Waals surface area contributed by atoms with Gasteiger partial charge in [-0.25, -0.2) is 9.97 Å². The molecule has 3 aromatic rings. The molecule has 0 saturated heterocycles. The number of hydrogen-bond donors (Lipinski definition) is 2. The van der Waals surface area contributed by atoms with Gasteiger partial charge < -0.3 is 11.5 Å². The van der Waals surface area contributed by atoms with Crippen molar-refractivity contribution in [1.82, 2.24) is 19.9 Å². The molecule has 1 atom stereocenters. The number of fused-ring (bicyclic) bond motifs is 3. The van der Waals surface area contributed by atoms with Crippen LogP contribution in [0.25, 0.3) is 21.6 Å². The van der Waals surface area contributed by atoms with Crippen LogP contribution in [0.15, 0.2) is 24.5 Å². The quantitative estimate of drug-likeness (QED) is 0.705. The Morgan fingerprint density at radius 3 is 2.70 bits per heavy atom. The van der Waals surface area contributed by atoms with Crippen LogP contribution in [0, 0.1) is 5.92 Å². The zero-order valence-electron chi connectivity index (χ0n) is 15.9. The maximum absolute atomic E-state index is 6.36. The Bertz CT molecular complexity index is 937. The number of hydrogen-bond acceptors (Lipinski definition) is 7. The average Bonchev–Trinajstić information content (AvgIpc) is 3.04. The lowest BCUT2D eigenvalue weighted by molar-refractivity contribution is 0.230. The normalized spacial score (nSPS) is 16.0. The monoisotopic (exact) mass is 382 g/mol. The molecule has 7 heteroatoms. The third-order valence-electron chi connectivity index (χ3n) is 4.97. The van der Waals surface area contributed by atoms with E-state index in [0.717, 1.165) is 47.5 Å². The zero-order chi connectivity index (χ0) is 19.0. The first-order chi connectivity index (χ1) is 13.1. The van der Waals surface area contributed by atoms with E-state index in [4.69, 9.17) is 21.4 Å². The molecule has 0 amide bonds. The minimum absolute atomic E-state index is 0.288. The van der Waals surface area contributed by atoms with Crippen molar-refractivity contribution in [2.24, 2.45) is 17.4 Å². The van der Waals surface area contributed by atoms with Crippen LogP contribution in [-0.2, 0) is 13.0 Å². The van der Waals surface area contributed by atoms with Crippen molar-refractivity contribution < 1.29 is 0 Å². The maximum Gasteiger partial charge on any atom is 0.161 e. The van der Waals surface area contributed by atoms with Crippen molar-refractivity contribution >= 4 is 21.6 Å². The summed E-state index contributed by atoms with van der Waals surface area (Å²) in [7, 11) is 0. The van der Waals surface area contributed by atoms with E-state index in [1.165, 1.54) is 10.4 Å². The van der Waals surface area contributed by atoms with Crippen molar-refractivity contribution in [3.8, 4) is 11.4 Å². The predicted molar refractivity (Wildman–Crippen MR) is 110 cm³/mol. The fourth-order valence-corrected chi connectivity index (χ4v) is 5.03.